The zero-order valence-electron chi connectivity index (χ0n) is 24.1. The second kappa shape index (κ2) is 13.0. The van der Waals surface area contributed by atoms with Gasteiger partial charge in [0.15, 0.2) is 16.3 Å². The highest BCUT2D eigenvalue weighted by Crippen LogP contribution is 2.35. The van der Waals surface area contributed by atoms with Gasteiger partial charge in [0.1, 0.15) is 12.4 Å². The number of aromatic nitrogens is 1. The van der Waals surface area contributed by atoms with Crippen LogP contribution >= 0.6 is 11.3 Å². The smallest absolute Gasteiger partial charge is 0.338 e. The number of esters is 1. The number of rotatable bonds is 10. The van der Waals surface area contributed by atoms with Crippen molar-refractivity contribution < 1.29 is 23.4 Å². The van der Waals surface area contributed by atoms with Crippen LogP contribution in [0.3, 0.4) is 0 Å². The fraction of sp³-hybridized carbons (Fsp3) is 0.206. The van der Waals surface area contributed by atoms with E-state index in [1.165, 1.54) is 30.6 Å². The molecule has 9 heteroatoms. The van der Waals surface area contributed by atoms with Crippen molar-refractivity contribution in [3.63, 3.8) is 0 Å². The first-order chi connectivity index (χ1) is 20.9. The summed E-state index contributed by atoms with van der Waals surface area (Å²) in [5, 5.41) is 0. The number of carbonyl (C=O) groups excluding carboxylic acids is 1. The number of ether oxygens (including phenoxy) is 3. The molecule has 0 amide bonds. The van der Waals surface area contributed by atoms with Crippen LogP contribution in [0, 0.1) is 5.82 Å². The number of methoxy groups -OCH3 is 2. The van der Waals surface area contributed by atoms with Crippen LogP contribution in [0.5, 0.6) is 11.5 Å². The molecule has 1 aliphatic heterocycles. The standard InChI is InChI=1S/C34H31FN2O5S/c1-5-10-24-17-22(18-27(40-3)31(24)42-20-21-13-15-25(35)16-14-21)19-28-32(38)37-30(23-11-8-7-9-12-23)29(33(39)41-4)26(6-2)36-34(37)43-28/h5,7-9,11-19,30H,1,6,10,20H2,2-4H3/b28-19-/t30-/m0/s1. The van der Waals surface area contributed by atoms with E-state index >= 15 is 0 Å². The highest BCUT2D eigenvalue weighted by Gasteiger charge is 2.33. The van der Waals surface area contributed by atoms with E-state index in [1.807, 2.05) is 43.3 Å². The summed E-state index contributed by atoms with van der Waals surface area (Å²) in [5.74, 6) is 0.207. The Morgan fingerprint density at radius 1 is 1.12 bits per heavy atom. The molecule has 0 spiro atoms. The summed E-state index contributed by atoms with van der Waals surface area (Å²) < 4.78 is 32.3. The molecule has 0 fully saturated rings. The number of hydrogen-bond acceptors (Lipinski definition) is 7. The molecular weight excluding hydrogens is 567 g/mol. The lowest BCUT2D eigenvalue weighted by atomic mass is 9.95. The average molecular weight is 599 g/mol. The molecule has 0 bridgehead atoms. The lowest BCUT2D eigenvalue weighted by Gasteiger charge is -2.25. The summed E-state index contributed by atoms with van der Waals surface area (Å²) in [5.41, 5.74) is 3.82. The van der Waals surface area contributed by atoms with E-state index in [9.17, 15) is 14.0 Å². The topological polar surface area (TPSA) is 79.1 Å². The maximum absolute atomic E-state index is 14.0. The minimum Gasteiger partial charge on any atom is -0.493 e. The van der Waals surface area contributed by atoms with Gasteiger partial charge in [0.2, 0.25) is 0 Å². The first-order valence-corrected chi connectivity index (χ1v) is 14.6. The SMILES string of the molecule is C=CCc1cc(/C=c2\sc3n(c2=O)[C@@H](c2ccccc2)C(C(=O)OC)=C(CC)N=3)cc(OC)c1OCc1ccc(F)cc1. The Labute approximate surface area is 252 Å². The molecule has 0 N–H and O–H groups in total. The summed E-state index contributed by atoms with van der Waals surface area (Å²) in [6.45, 7) is 6.02. The predicted octanol–water partition coefficient (Wildman–Crippen LogP) is 5.25. The molecule has 0 saturated heterocycles. The van der Waals surface area contributed by atoms with Gasteiger partial charge in [-0.05, 0) is 59.9 Å². The maximum atomic E-state index is 14.0. The normalized spacial score (nSPS) is 14.6. The van der Waals surface area contributed by atoms with Gasteiger partial charge in [0.25, 0.3) is 5.56 Å². The first-order valence-electron chi connectivity index (χ1n) is 13.8. The molecule has 1 aliphatic rings. The number of nitrogens with zero attached hydrogens (tertiary/aromatic N) is 2. The van der Waals surface area contributed by atoms with E-state index in [0.29, 0.717) is 44.9 Å². The minimum absolute atomic E-state index is 0.223. The zero-order chi connectivity index (χ0) is 30.5. The Morgan fingerprint density at radius 2 is 1.86 bits per heavy atom. The third-order valence-electron chi connectivity index (χ3n) is 7.10. The van der Waals surface area contributed by atoms with Crippen molar-refractivity contribution in [1.29, 1.82) is 0 Å². The Hall–Kier alpha value is -4.76. The van der Waals surface area contributed by atoms with Crippen molar-refractivity contribution in [3.8, 4) is 11.5 Å². The highest BCUT2D eigenvalue weighted by atomic mass is 32.1. The van der Waals surface area contributed by atoms with Gasteiger partial charge in [-0.2, -0.15) is 0 Å². The van der Waals surface area contributed by atoms with Crippen molar-refractivity contribution in [2.24, 2.45) is 4.99 Å². The van der Waals surface area contributed by atoms with Crippen molar-refractivity contribution in [3.05, 3.63) is 138 Å². The molecule has 5 rings (SSSR count). The number of thiazole rings is 1. The largest absolute Gasteiger partial charge is 0.493 e. The predicted molar refractivity (Wildman–Crippen MR) is 164 cm³/mol. The van der Waals surface area contributed by atoms with Gasteiger partial charge < -0.3 is 14.2 Å². The Kier molecular flexibility index (Phi) is 9.01. The molecule has 0 radical (unpaired) electrons. The molecule has 43 heavy (non-hydrogen) atoms. The van der Waals surface area contributed by atoms with Crippen LogP contribution < -0.4 is 24.4 Å². The second-order valence-corrected chi connectivity index (χ2v) is 10.8. The molecule has 7 nitrogen and oxygen atoms in total. The zero-order valence-corrected chi connectivity index (χ0v) is 24.9. The number of fused-ring (bicyclic) bond motifs is 1. The van der Waals surface area contributed by atoms with Crippen LogP contribution in [0.25, 0.3) is 6.08 Å². The van der Waals surface area contributed by atoms with E-state index in [0.717, 1.165) is 22.3 Å². The van der Waals surface area contributed by atoms with Gasteiger partial charge in [-0.3, -0.25) is 9.36 Å². The summed E-state index contributed by atoms with van der Waals surface area (Å²) >= 11 is 1.26. The fourth-order valence-corrected chi connectivity index (χ4v) is 6.11. The van der Waals surface area contributed by atoms with Gasteiger partial charge in [0, 0.05) is 5.56 Å². The monoisotopic (exact) mass is 598 g/mol. The number of hydrogen-bond donors (Lipinski definition) is 0. The fourth-order valence-electron chi connectivity index (χ4n) is 5.09. The summed E-state index contributed by atoms with van der Waals surface area (Å²) in [7, 11) is 2.88. The third-order valence-corrected chi connectivity index (χ3v) is 8.08. The average Bonchev–Trinajstić information content (AvgIpc) is 3.34. The molecule has 1 aromatic heterocycles. The molecule has 220 valence electrons. The second-order valence-electron chi connectivity index (χ2n) is 9.82. The van der Waals surface area contributed by atoms with E-state index in [-0.39, 0.29) is 18.0 Å². The van der Waals surface area contributed by atoms with Gasteiger partial charge in [-0.1, -0.05) is 66.8 Å². The molecule has 3 aromatic carbocycles. The molecule has 4 aromatic rings. The Morgan fingerprint density at radius 3 is 2.51 bits per heavy atom. The van der Waals surface area contributed by atoms with E-state index in [2.05, 4.69) is 6.58 Å². The van der Waals surface area contributed by atoms with Gasteiger partial charge in [-0.25, -0.2) is 14.2 Å². The third kappa shape index (κ3) is 6.08. The van der Waals surface area contributed by atoms with E-state index < -0.39 is 12.0 Å². The van der Waals surface area contributed by atoms with Crippen LogP contribution in [0.1, 0.15) is 41.6 Å². The number of carbonyl (C=O) groups is 1. The van der Waals surface area contributed by atoms with Crippen LogP contribution in [-0.2, 0) is 22.6 Å². The van der Waals surface area contributed by atoms with Crippen LogP contribution in [0.15, 0.2) is 100 Å². The number of halogens is 1. The number of benzene rings is 3. The highest BCUT2D eigenvalue weighted by molar-refractivity contribution is 7.07. The van der Waals surface area contributed by atoms with Crippen molar-refractivity contribution in [2.75, 3.05) is 14.2 Å². The Bertz CT molecular complexity index is 1870. The van der Waals surface area contributed by atoms with E-state index in [4.69, 9.17) is 19.2 Å². The molecule has 0 saturated carbocycles. The molecular formula is C34H31FN2O5S. The molecule has 0 unspecified atom stereocenters. The molecule has 0 aliphatic carbocycles. The Balaban J connectivity index is 1.62. The van der Waals surface area contributed by atoms with Gasteiger partial charge >= 0.3 is 5.97 Å². The lowest BCUT2D eigenvalue weighted by molar-refractivity contribution is -0.136. The summed E-state index contributed by atoms with van der Waals surface area (Å²) in [6, 6.07) is 18.6. The lowest BCUT2D eigenvalue weighted by Crippen LogP contribution is -2.40. The van der Waals surface area contributed by atoms with Crippen LogP contribution in [0.2, 0.25) is 0 Å². The first kappa shape index (κ1) is 29.7. The summed E-state index contributed by atoms with van der Waals surface area (Å²) in [4.78, 5) is 32.2. The maximum Gasteiger partial charge on any atom is 0.338 e. The van der Waals surface area contributed by atoms with Crippen molar-refractivity contribution >= 4 is 23.4 Å². The van der Waals surface area contributed by atoms with Gasteiger partial charge in [-0.15, -0.1) is 6.58 Å². The summed E-state index contributed by atoms with van der Waals surface area (Å²) in [6.07, 6.45) is 4.55. The minimum atomic E-state index is -0.671. The van der Waals surface area contributed by atoms with Crippen LogP contribution in [-0.4, -0.2) is 24.8 Å². The van der Waals surface area contributed by atoms with Crippen LogP contribution in [0.4, 0.5) is 4.39 Å². The van der Waals surface area contributed by atoms with Gasteiger partial charge in [0.05, 0.1) is 36.1 Å². The number of allylic oxidation sites excluding steroid dienone is 2. The molecule has 1 atom stereocenters. The quantitative estimate of drug-likeness (QED) is 0.184. The van der Waals surface area contributed by atoms with Crippen molar-refractivity contribution in [2.45, 2.75) is 32.4 Å². The molecule has 2 heterocycles. The van der Waals surface area contributed by atoms with Crippen molar-refractivity contribution in [1.82, 2.24) is 4.57 Å². The van der Waals surface area contributed by atoms with E-state index in [1.54, 1.807) is 42.0 Å².